The minimum absolute atomic E-state index is 0.0372. The number of hydrogen-bond donors (Lipinski definition) is 1. The summed E-state index contributed by atoms with van der Waals surface area (Å²) in [7, 11) is 0. The van der Waals surface area contributed by atoms with Gasteiger partial charge in [-0.05, 0) is 41.5 Å². The molecule has 3 aliphatic carbocycles. The number of allylic oxidation sites excluding steroid dienone is 2. The van der Waals surface area contributed by atoms with Gasteiger partial charge in [0.2, 0.25) is 0 Å². The Morgan fingerprint density at radius 1 is 0.800 bits per heavy atom. The number of carbonyl (C=O) groups excluding carboxylic acids is 1. The van der Waals surface area contributed by atoms with E-state index in [2.05, 4.69) is 88.3 Å². The van der Waals surface area contributed by atoms with E-state index in [1.54, 1.807) is 6.07 Å². The standard InChI is InChI=1S/C31H25N3O/c35-29(27-18-15-21-9-7-8-14-26(21)33-27)34-32-20-28-30(22-10-3-1-4-11-22)24-16-17-25(19-24)31(28,30)23-12-5-2-6-13-23/h1-18,20,24-25,28H,19H2,(H,34,35)/b32-20+/t24-,25+,28?,30+,31-. The molecule has 3 aliphatic rings. The van der Waals surface area contributed by atoms with Crippen molar-refractivity contribution in [1.29, 1.82) is 0 Å². The largest absolute Gasteiger partial charge is 0.289 e. The molecule has 2 bridgehead atoms. The van der Waals surface area contributed by atoms with Gasteiger partial charge in [0, 0.05) is 28.3 Å². The van der Waals surface area contributed by atoms with Crippen LogP contribution >= 0.6 is 0 Å². The van der Waals surface area contributed by atoms with Crippen LogP contribution in [-0.4, -0.2) is 17.1 Å². The molecule has 4 nitrogen and oxygen atoms in total. The van der Waals surface area contributed by atoms with Gasteiger partial charge in [-0.25, -0.2) is 10.4 Å². The Balaban J connectivity index is 1.24. The Hall–Kier alpha value is -4.05. The third kappa shape index (κ3) is 2.65. The van der Waals surface area contributed by atoms with Crippen LogP contribution < -0.4 is 5.43 Å². The summed E-state index contributed by atoms with van der Waals surface area (Å²) in [5.74, 6) is 0.832. The van der Waals surface area contributed by atoms with Gasteiger partial charge in [-0.3, -0.25) is 4.79 Å². The molecule has 0 radical (unpaired) electrons. The molecule has 7 rings (SSSR count). The Bertz CT molecular complexity index is 1430. The van der Waals surface area contributed by atoms with Crippen LogP contribution in [0.5, 0.6) is 0 Å². The SMILES string of the molecule is O=C(N/N=C/C1[C@@]2(c3ccccc3)[C@H]3C=C[C@H](C3)[C@@]12c1ccccc1)c1ccc2ccccc2n1. The van der Waals surface area contributed by atoms with Gasteiger partial charge in [-0.15, -0.1) is 0 Å². The van der Waals surface area contributed by atoms with E-state index in [0.717, 1.165) is 10.9 Å². The second-order valence-corrected chi connectivity index (χ2v) is 9.89. The molecule has 170 valence electrons. The maximum Gasteiger partial charge on any atom is 0.289 e. The molecule has 1 aromatic heterocycles. The highest BCUT2D eigenvalue weighted by Gasteiger charge is 2.85. The second-order valence-electron chi connectivity index (χ2n) is 9.89. The summed E-state index contributed by atoms with van der Waals surface area (Å²) in [6, 6.07) is 33.2. The molecule has 4 heteroatoms. The number of rotatable bonds is 5. The van der Waals surface area contributed by atoms with Crippen molar-refractivity contribution in [2.75, 3.05) is 0 Å². The Kier molecular flexibility index (Phi) is 4.34. The topological polar surface area (TPSA) is 54.4 Å². The molecule has 1 unspecified atom stereocenters. The first-order valence-corrected chi connectivity index (χ1v) is 12.2. The minimum atomic E-state index is -0.290. The number of aromatic nitrogens is 1. The zero-order valence-electron chi connectivity index (χ0n) is 19.2. The number of nitrogens with one attached hydrogen (secondary N) is 1. The number of amides is 1. The lowest BCUT2D eigenvalue weighted by molar-refractivity contribution is 0.0950. The third-order valence-corrected chi connectivity index (χ3v) is 8.56. The van der Waals surface area contributed by atoms with Crippen molar-refractivity contribution in [1.82, 2.24) is 10.4 Å². The fraction of sp³-hybridized carbons (Fsp3) is 0.194. The van der Waals surface area contributed by atoms with E-state index in [4.69, 9.17) is 0 Å². The van der Waals surface area contributed by atoms with E-state index in [1.165, 1.54) is 17.5 Å². The van der Waals surface area contributed by atoms with Crippen molar-refractivity contribution >= 4 is 23.0 Å². The first-order valence-electron chi connectivity index (χ1n) is 12.2. The van der Waals surface area contributed by atoms with Crippen LogP contribution in [0.4, 0.5) is 0 Å². The molecule has 1 heterocycles. The number of hydrazone groups is 1. The molecule has 3 aromatic carbocycles. The van der Waals surface area contributed by atoms with Gasteiger partial charge in [0.05, 0.1) is 5.52 Å². The monoisotopic (exact) mass is 455 g/mol. The van der Waals surface area contributed by atoms with E-state index in [-0.39, 0.29) is 22.7 Å². The Morgan fingerprint density at radius 2 is 1.40 bits per heavy atom. The summed E-state index contributed by atoms with van der Waals surface area (Å²) in [4.78, 5) is 17.4. The second kappa shape index (κ2) is 7.47. The van der Waals surface area contributed by atoms with Crippen LogP contribution in [0.2, 0.25) is 0 Å². The number of para-hydroxylation sites is 1. The van der Waals surface area contributed by atoms with Crippen LogP contribution in [0.3, 0.4) is 0 Å². The molecule has 5 atom stereocenters. The van der Waals surface area contributed by atoms with Crippen molar-refractivity contribution < 1.29 is 4.79 Å². The molecule has 2 saturated carbocycles. The molecule has 35 heavy (non-hydrogen) atoms. The van der Waals surface area contributed by atoms with Gasteiger partial charge in [0.15, 0.2) is 0 Å². The predicted octanol–water partition coefficient (Wildman–Crippen LogP) is 5.66. The average molecular weight is 456 g/mol. The van der Waals surface area contributed by atoms with Crippen molar-refractivity contribution in [3.05, 3.63) is 126 Å². The molecular weight excluding hydrogens is 430 g/mol. The highest BCUT2D eigenvalue weighted by Crippen LogP contribution is 2.83. The van der Waals surface area contributed by atoms with Crippen molar-refractivity contribution in [3.8, 4) is 0 Å². The van der Waals surface area contributed by atoms with Gasteiger partial charge in [-0.2, -0.15) is 5.10 Å². The van der Waals surface area contributed by atoms with E-state index in [0.29, 0.717) is 17.5 Å². The molecule has 0 aliphatic heterocycles. The quantitative estimate of drug-likeness (QED) is 0.240. The maximum absolute atomic E-state index is 12.9. The van der Waals surface area contributed by atoms with Crippen LogP contribution in [0.1, 0.15) is 28.0 Å². The number of pyridine rings is 1. The highest BCUT2D eigenvalue weighted by atomic mass is 16.2. The van der Waals surface area contributed by atoms with Crippen LogP contribution in [0.15, 0.2) is 114 Å². The van der Waals surface area contributed by atoms with Crippen molar-refractivity contribution in [2.24, 2.45) is 22.9 Å². The first-order chi connectivity index (χ1) is 17.3. The van der Waals surface area contributed by atoms with Gasteiger partial charge < -0.3 is 0 Å². The van der Waals surface area contributed by atoms with Gasteiger partial charge in [0.25, 0.3) is 5.91 Å². The third-order valence-electron chi connectivity index (χ3n) is 8.56. The summed E-state index contributed by atoms with van der Waals surface area (Å²) in [5, 5.41) is 5.53. The van der Waals surface area contributed by atoms with Gasteiger partial charge in [-0.1, -0.05) is 97.1 Å². The molecule has 4 aromatic rings. The van der Waals surface area contributed by atoms with Gasteiger partial charge >= 0.3 is 0 Å². The van der Waals surface area contributed by atoms with E-state index in [1.807, 2.05) is 36.5 Å². The summed E-state index contributed by atoms with van der Waals surface area (Å²) in [5.41, 5.74) is 6.58. The molecule has 1 amide bonds. The van der Waals surface area contributed by atoms with Crippen molar-refractivity contribution in [2.45, 2.75) is 17.3 Å². The molecule has 2 fully saturated rings. The first kappa shape index (κ1) is 20.3. The summed E-state index contributed by atoms with van der Waals surface area (Å²) in [6.07, 6.45) is 7.97. The smallest absolute Gasteiger partial charge is 0.266 e. The van der Waals surface area contributed by atoms with Crippen LogP contribution in [0, 0.1) is 17.8 Å². The number of benzene rings is 3. The van der Waals surface area contributed by atoms with Crippen molar-refractivity contribution in [3.63, 3.8) is 0 Å². The Morgan fingerprint density at radius 3 is 2.06 bits per heavy atom. The summed E-state index contributed by atoms with van der Waals surface area (Å²) < 4.78 is 0. The molecular formula is C31H25N3O. The number of nitrogens with zero attached hydrogens (tertiary/aromatic N) is 2. The fourth-order valence-corrected chi connectivity index (χ4v) is 7.35. The lowest BCUT2D eigenvalue weighted by Gasteiger charge is -2.27. The number of hydrogen-bond acceptors (Lipinski definition) is 3. The summed E-state index contributed by atoms with van der Waals surface area (Å²) >= 11 is 0. The average Bonchev–Trinajstić information content (AvgIpc) is 3.15. The van der Waals surface area contributed by atoms with Crippen LogP contribution in [-0.2, 0) is 10.8 Å². The predicted molar refractivity (Wildman–Crippen MR) is 138 cm³/mol. The summed E-state index contributed by atoms with van der Waals surface area (Å²) in [6.45, 7) is 0. The normalized spacial score (nSPS) is 30.0. The zero-order chi connectivity index (χ0) is 23.5. The zero-order valence-corrected chi connectivity index (χ0v) is 19.2. The van der Waals surface area contributed by atoms with E-state index in [9.17, 15) is 4.79 Å². The minimum Gasteiger partial charge on any atom is -0.266 e. The Labute approximate surface area is 204 Å². The fourth-order valence-electron chi connectivity index (χ4n) is 7.35. The van der Waals surface area contributed by atoms with E-state index >= 15 is 0 Å². The molecule has 1 N–H and O–H groups in total. The molecule has 0 spiro atoms. The van der Waals surface area contributed by atoms with Gasteiger partial charge in [0.1, 0.15) is 5.69 Å². The highest BCUT2D eigenvalue weighted by molar-refractivity contribution is 5.95. The lowest BCUT2D eigenvalue weighted by atomic mass is 9.75. The number of fused-ring (bicyclic) bond motifs is 6. The molecule has 0 saturated heterocycles. The van der Waals surface area contributed by atoms with Crippen LogP contribution in [0.25, 0.3) is 10.9 Å². The van der Waals surface area contributed by atoms with E-state index < -0.39 is 0 Å². The maximum atomic E-state index is 12.9. The lowest BCUT2D eigenvalue weighted by Crippen LogP contribution is -2.26. The number of carbonyl (C=O) groups is 1.